The van der Waals surface area contributed by atoms with Gasteiger partial charge in [-0.05, 0) is 43.7 Å². The summed E-state index contributed by atoms with van der Waals surface area (Å²) in [5.74, 6) is -0.605. The van der Waals surface area contributed by atoms with Crippen molar-refractivity contribution in [3.05, 3.63) is 29.6 Å². The number of rotatable bonds is 8. The fourth-order valence-electron chi connectivity index (χ4n) is 1.69. The van der Waals surface area contributed by atoms with Crippen molar-refractivity contribution >= 4 is 5.97 Å². The standard InChI is InChI=1S/C14H20FNO3/c1-3-7-16-12(14(17)18)6-8-19-13-5-4-11(15)9-10(13)2/h4-5,9,12,16H,3,6-8H2,1-2H3,(H,17,18). The SMILES string of the molecule is CCCNC(CCOc1ccc(F)cc1C)C(=O)O. The molecule has 106 valence electrons. The summed E-state index contributed by atoms with van der Waals surface area (Å²) < 4.78 is 18.4. The van der Waals surface area contributed by atoms with Gasteiger partial charge in [0.25, 0.3) is 0 Å². The molecule has 1 unspecified atom stereocenters. The number of benzene rings is 1. The van der Waals surface area contributed by atoms with Crippen molar-refractivity contribution < 1.29 is 19.0 Å². The quantitative estimate of drug-likeness (QED) is 0.760. The van der Waals surface area contributed by atoms with Gasteiger partial charge >= 0.3 is 5.97 Å². The summed E-state index contributed by atoms with van der Waals surface area (Å²) in [6.07, 6.45) is 1.24. The Morgan fingerprint density at radius 3 is 2.84 bits per heavy atom. The lowest BCUT2D eigenvalue weighted by Gasteiger charge is -2.15. The number of hydrogen-bond acceptors (Lipinski definition) is 3. The first-order valence-corrected chi connectivity index (χ1v) is 6.39. The van der Waals surface area contributed by atoms with E-state index in [2.05, 4.69) is 5.32 Å². The maximum Gasteiger partial charge on any atom is 0.320 e. The molecular weight excluding hydrogens is 249 g/mol. The molecule has 19 heavy (non-hydrogen) atoms. The Morgan fingerprint density at radius 2 is 2.26 bits per heavy atom. The van der Waals surface area contributed by atoms with Crippen LogP contribution in [0.3, 0.4) is 0 Å². The van der Waals surface area contributed by atoms with E-state index in [1.807, 2.05) is 6.92 Å². The maximum atomic E-state index is 12.9. The predicted molar refractivity (Wildman–Crippen MR) is 71.0 cm³/mol. The van der Waals surface area contributed by atoms with E-state index < -0.39 is 12.0 Å². The van der Waals surface area contributed by atoms with Crippen LogP contribution < -0.4 is 10.1 Å². The van der Waals surface area contributed by atoms with Crippen LogP contribution in [0.2, 0.25) is 0 Å². The Labute approximate surface area is 112 Å². The van der Waals surface area contributed by atoms with Crippen LogP contribution in [0.15, 0.2) is 18.2 Å². The lowest BCUT2D eigenvalue weighted by atomic mass is 10.2. The van der Waals surface area contributed by atoms with Crippen molar-refractivity contribution in [2.24, 2.45) is 0 Å². The first-order valence-electron chi connectivity index (χ1n) is 6.39. The zero-order valence-electron chi connectivity index (χ0n) is 11.3. The molecule has 1 rings (SSSR count). The topological polar surface area (TPSA) is 58.6 Å². The van der Waals surface area contributed by atoms with E-state index >= 15 is 0 Å². The van der Waals surface area contributed by atoms with Gasteiger partial charge in [0.15, 0.2) is 0 Å². The largest absolute Gasteiger partial charge is 0.493 e. The molecule has 0 saturated heterocycles. The fourth-order valence-corrected chi connectivity index (χ4v) is 1.69. The smallest absolute Gasteiger partial charge is 0.320 e. The normalized spacial score (nSPS) is 12.2. The minimum absolute atomic E-state index is 0.278. The third kappa shape index (κ3) is 5.26. The zero-order valence-corrected chi connectivity index (χ0v) is 11.3. The van der Waals surface area contributed by atoms with E-state index in [1.165, 1.54) is 12.1 Å². The second-order valence-corrected chi connectivity index (χ2v) is 4.39. The Hall–Kier alpha value is -1.62. The van der Waals surface area contributed by atoms with Gasteiger partial charge in [0.1, 0.15) is 17.6 Å². The highest BCUT2D eigenvalue weighted by Gasteiger charge is 2.16. The minimum Gasteiger partial charge on any atom is -0.493 e. The van der Waals surface area contributed by atoms with Gasteiger partial charge in [-0.2, -0.15) is 0 Å². The molecule has 1 aromatic rings. The number of carboxylic acid groups (broad SMARTS) is 1. The highest BCUT2D eigenvalue weighted by molar-refractivity contribution is 5.73. The summed E-state index contributed by atoms with van der Waals surface area (Å²) in [4.78, 5) is 11.0. The molecule has 2 N–H and O–H groups in total. The Balaban J connectivity index is 2.45. The summed E-state index contributed by atoms with van der Waals surface area (Å²) in [6, 6.07) is 3.66. The highest BCUT2D eigenvalue weighted by Crippen LogP contribution is 2.18. The second-order valence-electron chi connectivity index (χ2n) is 4.39. The van der Waals surface area contributed by atoms with Crippen molar-refractivity contribution in [2.45, 2.75) is 32.7 Å². The first-order chi connectivity index (χ1) is 9.04. The van der Waals surface area contributed by atoms with E-state index in [4.69, 9.17) is 9.84 Å². The molecule has 0 radical (unpaired) electrons. The Morgan fingerprint density at radius 1 is 1.53 bits per heavy atom. The van der Waals surface area contributed by atoms with Gasteiger partial charge in [0, 0.05) is 6.42 Å². The highest BCUT2D eigenvalue weighted by atomic mass is 19.1. The second kappa shape index (κ2) is 7.74. The van der Waals surface area contributed by atoms with Crippen molar-refractivity contribution in [2.75, 3.05) is 13.2 Å². The molecule has 0 aliphatic heterocycles. The first kappa shape index (κ1) is 15.4. The van der Waals surface area contributed by atoms with Crippen LogP contribution in [0.25, 0.3) is 0 Å². The number of aliphatic carboxylic acids is 1. The van der Waals surface area contributed by atoms with Crippen molar-refractivity contribution in [3.63, 3.8) is 0 Å². The molecule has 4 nitrogen and oxygen atoms in total. The third-order valence-electron chi connectivity index (χ3n) is 2.74. The van der Waals surface area contributed by atoms with Crippen LogP contribution in [-0.2, 0) is 4.79 Å². The summed E-state index contributed by atoms with van der Waals surface area (Å²) >= 11 is 0. The van der Waals surface area contributed by atoms with Crippen LogP contribution in [0.5, 0.6) is 5.75 Å². The van der Waals surface area contributed by atoms with Crippen LogP contribution >= 0.6 is 0 Å². The molecular formula is C14H20FNO3. The summed E-state index contributed by atoms with van der Waals surface area (Å²) in [6.45, 7) is 4.67. The van der Waals surface area contributed by atoms with E-state index in [0.29, 0.717) is 24.3 Å². The third-order valence-corrected chi connectivity index (χ3v) is 2.74. The average molecular weight is 269 g/mol. The van der Waals surface area contributed by atoms with Crippen molar-refractivity contribution in [3.8, 4) is 5.75 Å². The number of halogens is 1. The summed E-state index contributed by atoms with van der Waals surface area (Å²) in [5, 5.41) is 12.0. The van der Waals surface area contributed by atoms with Crippen LogP contribution in [-0.4, -0.2) is 30.3 Å². The molecule has 0 spiro atoms. The molecule has 5 heteroatoms. The molecule has 0 amide bonds. The fraction of sp³-hybridized carbons (Fsp3) is 0.500. The summed E-state index contributed by atoms with van der Waals surface area (Å²) in [5.41, 5.74) is 0.702. The molecule has 1 aromatic carbocycles. The number of nitrogens with one attached hydrogen (secondary N) is 1. The van der Waals surface area contributed by atoms with Gasteiger partial charge in [-0.3, -0.25) is 4.79 Å². The van der Waals surface area contributed by atoms with Gasteiger partial charge in [0.05, 0.1) is 6.61 Å². The average Bonchev–Trinajstić information content (AvgIpc) is 2.35. The lowest BCUT2D eigenvalue weighted by Crippen LogP contribution is -2.38. The van der Waals surface area contributed by atoms with E-state index in [0.717, 1.165) is 6.42 Å². The van der Waals surface area contributed by atoms with Crippen molar-refractivity contribution in [1.82, 2.24) is 5.32 Å². The van der Waals surface area contributed by atoms with Crippen LogP contribution in [0.4, 0.5) is 4.39 Å². The zero-order chi connectivity index (χ0) is 14.3. The van der Waals surface area contributed by atoms with Crippen LogP contribution in [0, 0.1) is 12.7 Å². The molecule has 0 fully saturated rings. The predicted octanol–water partition coefficient (Wildman–Crippen LogP) is 2.36. The minimum atomic E-state index is -0.882. The number of hydrogen-bond donors (Lipinski definition) is 2. The molecule has 0 aromatic heterocycles. The molecule has 0 aliphatic rings. The molecule has 0 heterocycles. The maximum absolute atomic E-state index is 12.9. The van der Waals surface area contributed by atoms with Gasteiger partial charge in [-0.15, -0.1) is 0 Å². The molecule has 0 bridgehead atoms. The number of aryl methyl sites for hydroxylation is 1. The van der Waals surface area contributed by atoms with E-state index in [9.17, 15) is 9.18 Å². The van der Waals surface area contributed by atoms with Crippen LogP contribution in [0.1, 0.15) is 25.3 Å². The Bertz CT molecular complexity index is 423. The van der Waals surface area contributed by atoms with Crippen molar-refractivity contribution in [1.29, 1.82) is 0 Å². The number of carbonyl (C=O) groups is 1. The number of carboxylic acids is 1. The van der Waals surface area contributed by atoms with Gasteiger partial charge in [-0.1, -0.05) is 6.92 Å². The molecule has 0 aliphatic carbocycles. The lowest BCUT2D eigenvalue weighted by molar-refractivity contribution is -0.139. The Kier molecular flexibility index (Phi) is 6.29. The van der Waals surface area contributed by atoms with E-state index in [-0.39, 0.29) is 12.4 Å². The van der Waals surface area contributed by atoms with Gasteiger partial charge in [0.2, 0.25) is 0 Å². The monoisotopic (exact) mass is 269 g/mol. The van der Waals surface area contributed by atoms with E-state index in [1.54, 1.807) is 13.0 Å². The molecule has 1 atom stereocenters. The molecule has 0 saturated carbocycles. The summed E-state index contributed by atoms with van der Waals surface area (Å²) in [7, 11) is 0. The van der Waals surface area contributed by atoms with Gasteiger partial charge in [-0.25, -0.2) is 4.39 Å². The number of ether oxygens (including phenoxy) is 1. The van der Waals surface area contributed by atoms with Gasteiger partial charge < -0.3 is 15.2 Å².